The topological polar surface area (TPSA) is 146 Å². The molecule has 32 heavy (non-hydrogen) atoms. The van der Waals surface area contributed by atoms with Crippen molar-refractivity contribution < 1.29 is 27.7 Å². The first-order valence-electron chi connectivity index (χ1n) is 10.2. The molecule has 172 valence electrons. The van der Waals surface area contributed by atoms with Crippen LogP contribution in [0, 0.1) is 10.1 Å². The number of nitro benzene ring substituents is 1. The molecular formula is C19H23N5O7S. The number of ether oxygens (including phenoxy) is 1. The van der Waals surface area contributed by atoms with E-state index in [1.165, 1.54) is 28.6 Å². The van der Waals surface area contributed by atoms with E-state index in [0.717, 1.165) is 18.9 Å². The molecule has 2 aromatic rings. The SMILES string of the molecule is O=C(NOC1CCCCO1)c1cc2n(n1)CCCN(S(=O)(=O)c1ccccc1[N+](=O)[O-])C2. The van der Waals surface area contributed by atoms with Gasteiger partial charge in [0.05, 0.1) is 17.2 Å². The summed E-state index contributed by atoms with van der Waals surface area (Å²) in [5.74, 6) is -0.562. The lowest BCUT2D eigenvalue weighted by Crippen LogP contribution is -2.33. The highest BCUT2D eigenvalue weighted by Gasteiger charge is 2.33. The molecule has 1 saturated heterocycles. The summed E-state index contributed by atoms with van der Waals surface area (Å²) in [6.45, 7) is 1.07. The van der Waals surface area contributed by atoms with E-state index in [1.807, 2.05) is 0 Å². The molecule has 0 bridgehead atoms. The van der Waals surface area contributed by atoms with E-state index < -0.39 is 32.8 Å². The van der Waals surface area contributed by atoms with Gasteiger partial charge in [-0.25, -0.2) is 18.7 Å². The zero-order valence-electron chi connectivity index (χ0n) is 17.2. The van der Waals surface area contributed by atoms with Crippen molar-refractivity contribution >= 4 is 21.6 Å². The summed E-state index contributed by atoms with van der Waals surface area (Å²) in [4.78, 5) is 28.0. The first-order valence-corrected chi connectivity index (χ1v) is 11.7. The van der Waals surface area contributed by atoms with E-state index in [9.17, 15) is 23.3 Å². The summed E-state index contributed by atoms with van der Waals surface area (Å²) in [6.07, 6.45) is 2.51. The third kappa shape index (κ3) is 4.65. The van der Waals surface area contributed by atoms with Gasteiger partial charge in [0.1, 0.15) is 0 Å². The van der Waals surface area contributed by atoms with Gasteiger partial charge in [-0.15, -0.1) is 0 Å². The number of nitrogens with zero attached hydrogens (tertiary/aromatic N) is 4. The third-order valence-corrected chi connectivity index (χ3v) is 7.21. The van der Waals surface area contributed by atoms with Crippen LogP contribution in [-0.4, -0.2) is 52.8 Å². The molecule has 0 spiro atoms. The maximum Gasteiger partial charge on any atom is 0.295 e. The highest BCUT2D eigenvalue weighted by atomic mass is 32.2. The number of aromatic nitrogens is 2. The number of rotatable bonds is 6. The number of nitrogens with one attached hydrogen (secondary N) is 1. The molecule has 0 saturated carbocycles. The minimum Gasteiger partial charge on any atom is -0.350 e. The first kappa shape index (κ1) is 22.3. The molecule has 1 fully saturated rings. The van der Waals surface area contributed by atoms with Crippen LogP contribution in [0.2, 0.25) is 0 Å². The average molecular weight is 465 g/mol. The van der Waals surface area contributed by atoms with Crippen LogP contribution in [-0.2, 0) is 32.7 Å². The van der Waals surface area contributed by atoms with Crippen molar-refractivity contribution in [3.8, 4) is 0 Å². The Morgan fingerprint density at radius 2 is 2.06 bits per heavy atom. The Morgan fingerprint density at radius 3 is 2.81 bits per heavy atom. The van der Waals surface area contributed by atoms with Gasteiger partial charge in [0.25, 0.3) is 11.6 Å². The van der Waals surface area contributed by atoms with Crippen molar-refractivity contribution in [1.82, 2.24) is 19.6 Å². The van der Waals surface area contributed by atoms with Gasteiger partial charge in [-0.05, 0) is 31.4 Å². The van der Waals surface area contributed by atoms with Gasteiger partial charge in [-0.2, -0.15) is 9.40 Å². The number of carbonyl (C=O) groups excluding carboxylic acids is 1. The zero-order valence-corrected chi connectivity index (χ0v) is 18.0. The number of sulfonamides is 1. The minimum atomic E-state index is -4.13. The van der Waals surface area contributed by atoms with E-state index >= 15 is 0 Å². The summed E-state index contributed by atoms with van der Waals surface area (Å²) in [5.41, 5.74) is 2.44. The number of nitro groups is 1. The quantitative estimate of drug-likeness (QED) is 0.500. The maximum atomic E-state index is 13.2. The zero-order chi connectivity index (χ0) is 22.7. The first-order chi connectivity index (χ1) is 15.4. The largest absolute Gasteiger partial charge is 0.350 e. The third-order valence-electron chi connectivity index (χ3n) is 5.31. The molecule has 1 atom stereocenters. The number of hydroxylamine groups is 1. The normalized spacial score (nSPS) is 19.7. The van der Waals surface area contributed by atoms with Gasteiger partial charge >= 0.3 is 0 Å². The van der Waals surface area contributed by atoms with E-state index in [1.54, 1.807) is 4.68 Å². The van der Waals surface area contributed by atoms with Crippen LogP contribution in [0.15, 0.2) is 35.2 Å². The van der Waals surface area contributed by atoms with Crippen LogP contribution in [0.25, 0.3) is 0 Å². The van der Waals surface area contributed by atoms with Crippen molar-refractivity contribution in [1.29, 1.82) is 0 Å². The Bertz CT molecular complexity index is 1110. The van der Waals surface area contributed by atoms with Crippen LogP contribution < -0.4 is 5.48 Å². The molecular weight excluding hydrogens is 442 g/mol. The van der Waals surface area contributed by atoms with E-state index in [0.29, 0.717) is 31.7 Å². The van der Waals surface area contributed by atoms with Crippen LogP contribution in [0.1, 0.15) is 41.9 Å². The maximum absolute atomic E-state index is 13.2. The van der Waals surface area contributed by atoms with Crippen LogP contribution in [0.3, 0.4) is 0 Å². The molecule has 0 radical (unpaired) electrons. The van der Waals surface area contributed by atoms with Crippen LogP contribution >= 0.6 is 0 Å². The molecule has 1 N–H and O–H groups in total. The van der Waals surface area contributed by atoms with Crippen LogP contribution in [0.4, 0.5) is 5.69 Å². The summed E-state index contributed by atoms with van der Waals surface area (Å²) < 4.78 is 34.5. The highest BCUT2D eigenvalue weighted by Crippen LogP contribution is 2.28. The number of para-hydroxylation sites is 1. The minimum absolute atomic E-state index is 0.0682. The molecule has 4 rings (SSSR count). The van der Waals surface area contributed by atoms with Crippen molar-refractivity contribution in [2.24, 2.45) is 0 Å². The second-order valence-corrected chi connectivity index (χ2v) is 9.41. The number of hydrogen-bond acceptors (Lipinski definition) is 8. The van der Waals surface area contributed by atoms with Gasteiger partial charge in [-0.1, -0.05) is 12.1 Å². The van der Waals surface area contributed by atoms with Crippen molar-refractivity contribution in [2.75, 3.05) is 13.2 Å². The second-order valence-electron chi connectivity index (χ2n) is 7.51. The number of benzene rings is 1. The fourth-order valence-corrected chi connectivity index (χ4v) is 5.30. The predicted octanol–water partition coefficient (Wildman–Crippen LogP) is 1.57. The second kappa shape index (κ2) is 9.32. The smallest absolute Gasteiger partial charge is 0.295 e. The fraction of sp³-hybridized carbons (Fsp3) is 0.474. The van der Waals surface area contributed by atoms with Gasteiger partial charge in [0.15, 0.2) is 16.9 Å². The summed E-state index contributed by atoms with van der Waals surface area (Å²) in [5, 5.41) is 15.6. The van der Waals surface area contributed by atoms with Gasteiger partial charge in [-0.3, -0.25) is 19.6 Å². The lowest BCUT2D eigenvalue weighted by molar-refractivity contribution is -0.387. The fourth-order valence-electron chi connectivity index (χ4n) is 3.69. The number of amides is 1. The molecule has 13 heteroatoms. The van der Waals surface area contributed by atoms with E-state index in [2.05, 4.69) is 10.6 Å². The molecule has 2 aliphatic heterocycles. The van der Waals surface area contributed by atoms with Gasteiger partial charge in [0, 0.05) is 32.2 Å². The molecule has 12 nitrogen and oxygen atoms in total. The molecule has 0 aliphatic carbocycles. The molecule has 1 unspecified atom stereocenters. The van der Waals surface area contributed by atoms with Crippen LogP contribution in [0.5, 0.6) is 0 Å². The number of carbonyl (C=O) groups is 1. The Morgan fingerprint density at radius 1 is 1.25 bits per heavy atom. The summed E-state index contributed by atoms with van der Waals surface area (Å²) in [7, 11) is -4.13. The van der Waals surface area contributed by atoms with E-state index in [4.69, 9.17) is 9.57 Å². The predicted molar refractivity (Wildman–Crippen MR) is 110 cm³/mol. The number of hydrogen-bond donors (Lipinski definition) is 1. The molecule has 1 aromatic carbocycles. The van der Waals surface area contributed by atoms with Gasteiger partial charge < -0.3 is 4.74 Å². The van der Waals surface area contributed by atoms with Crippen molar-refractivity contribution in [2.45, 2.75) is 50.0 Å². The standard InChI is InChI=1S/C19H23N5O7S/c25-19(21-31-18-8-3-4-11-30-18)15-12-14-13-22(9-5-10-23(14)20-15)32(28,29)17-7-2-1-6-16(17)24(26)27/h1-2,6-7,12,18H,3-5,8-11,13H2,(H,21,25). The Hall–Kier alpha value is -2.87. The Kier molecular flexibility index (Phi) is 6.50. The molecule has 1 amide bonds. The lowest BCUT2D eigenvalue weighted by Gasteiger charge is -2.21. The molecule has 2 aliphatic rings. The molecule has 3 heterocycles. The lowest BCUT2D eigenvalue weighted by atomic mass is 10.2. The monoisotopic (exact) mass is 465 g/mol. The van der Waals surface area contributed by atoms with Crippen molar-refractivity contribution in [3.05, 3.63) is 51.8 Å². The Labute approximate surface area is 184 Å². The Balaban J connectivity index is 1.51. The number of aryl methyl sites for hydroxylation is 1. The highest BCUT2D eigenvalue weighted by molar-refractivity contribution is 7.89. The molecule has 1 aromatic heterocycles. The average Bonchev–Trinajstić information content (AvgIpc) is 3.09. The summed E-state index contributed by atoms with van der Waals surface area (Å²) >= 11 is 0. The van der Waals surface area contributed by atoms with Crippen molar-refractivity contribution in [3.63, 3.8) is 0 Å². The number of fused-ring (bicyclic) bond motifs is 1. The van der Waals surface area contributed by atoms with E-state index in [-0.39, 0.29) is 23.7 Å². The summed E-state index contributed by atoms with van der Waals surface area (Å²) in [6, 6.07) is 6.74. The van der Waals surface area contributed by atoms with Gasteiger partial charge in [0.2, 0.25) is 10.0 Å².